The van der Waals surface area contributed by atoms with Crippen LogP contribution in [0.25, 0.3) is 0 Å². The van der Waals surface area contributed by atoms with Gasteiger partial charge in [0.2, 0.25) is 0 Å². The van der Waals surface area contributed by atoms with Crippen molar-refractivity contribution < 1.29 is 27.9 Å². The zero-order valence-corrected chi connectivity index (χ0v) is 12.9. The van der Waals surface area contributed by atoms with E-state index in [4.69, 9.17) is 9.84 Å². The minimum atomic E-state index is -3.54. The number of carboxylic acids is 1. The van der Waals surface area contributed by atoms with Crippen molar-refractivity contribution in [1.29, 1.82) is 0 Å². The standard InChI is InChI=1S/C14H17NO6S/c1-2-22(19,20)12-6-4-3-5-10(12)13(16)15-7-8-21-11(9-15)14(17)18/h3-6,11H,2,7-9H2,1H3,(H,17,18)/t11-/m0/s1. The van der Waals surface area contributed by atoms with E-state index in [-0.39, 0.29) is 35.9 Å². The predicted octanol–water partition coefficient (Wildman–Crippen LogP) is 0.406. The van der Waals surface area contributed by atoms with Crippen LogP contribution < -0.4 is 0 Å². The summed E-state index contributed by atoms with van der Waals surface area (Å²) in [6.07, 6.45) is -1.09. The average Bonchev–Trinajstić information content (AvgIpc) is 2.54. The molecule has 1 atom stereocenters. The molecule has 7 nitrogen and oxygen atoms in total. The maximum atomic E-state index is 12.6. The molecule has 1 amide bonds. The lowest BCUT2D eigenvalue weighted by molar-refractivity contribution is -0.154. The molecule has 0 unspecified atom stereocenters. The number of ether oxygens (including phenoxy) is 1. The van der Waals surface area contributed by atoms with E-state index in [1.54, 1.807) is 12.1 Å². The molecule has 1 N–H and O–H groups in total. The van der Waals surface area contributed by atoms with E-state index in [0.717, 1.165) is 0 Å². The van der Waals surface area contributed by atoms with Crippen molar-refractivity contribution in [2.45, 2.75) is 17.9 Å². The molecule has 1 aliphatic heterocycles. The quantitative estimate of drug-likeness (QED) is 0.859. The van der Waals surface area contributed by atoms with E-state index >= 15 is 0 Å². The number of carboxylic acid groups (broad SMARTS) is 1. The van der Waals surface area contributed by atoms with E-state index in [2.05, 4.69) is 0 Å². The molecule has 8 heteroatoms. The van der Waals surface area contributed by atoms with Crippen molar-refractivity contribution in [3.63, 3.8) is 0 Å². The van der Waals surface area contributed by atoms with Crippen LogP contribution in [0, 0.1) is 0 Å². The fourth-order valence-electron chi connectivity index (χ4n) is 2.22. The Morgan fingerprint density at radius 3 is 2.68 bits per heavy atom. The van der Waals surface area contributed by atoms with Gasteiger partial charge in [-0.25, -0.2) is 13.2 Å². The highest BCUT2D eigenvalue weighted by molar-refractivity contribution is 7.91. The molecule has 22 heavy (non-hydrogen) atoms. The van der Waals surface area contributed by atoms with Gasteiger partial charge in [-0.05, 0) is 12.1 Å². The van der Waals surface area contributed by atoms with Crippen LogP contribution in [0.2, 0.25) is 0 Å². The number of benzene rings is 1. The Balaban J connectivity index is 2.32. The minimum absolute atomic E-state index is 0.0270. The summed E-state index contributed by atoms with van der Waals surface area (Å²) in [5, 5.41) is 8.97. The van der Waals surface area contributed by atoms with Crippen molar-refractivity contribution in [3.8, 4) is 0 Å². The Morgan fingerprint density at radius 2 is 2.05 bits per heavy atom. The second-order valence-electron chi connectivity index (χ2n) is 4.85. The summed E-state index contributed by atoms with van der Waals surface area (Å²) in [5.74, 6) is -1.76. The third-order valence-electron chi connectivity index (χ3n) is 3.46. The van der Waals surface area contributed by atoms with Gasteiger partial charge in [0, 0.05) is 6.54 Å². The lowest BCUT2D eigenvalue weighted by Crippen LogP contribution is -2.48. The molecule has 0 spiro atoms. The molecule has 0 radical (unpaired) electrons. The maximum absolute atomic E-state index is 12.6. The molecule has 0 bridgehead atoms. The van der Waals surface area contributed by atoms with Gasteiger partial charge < -0.3 is 14.7 Å². The molecule has 1 aromatic carbocycles. The van der Waals surface area contributed by atoms with Crippen molar-refractivity contribution in [3.05, 3.63) is 29.8 Å². The van der Waals surface area contributed by atoms with Crippen LogP contribution in [0.1, 0.15) is 17.3 Å². The monoisotopic (exact) mass is 327 g/mol. The number of rotatable bonds is 4. The van der Waals surface area contributed by atoms with E-state index in [9.17, 15) is 18.0 Å². The number of amides is 1. The summed E-state index contributed by atoms with van der Waals surface area (Å²) in [6.45, 7) is 1.73. The summed E-state index contributed by atoms with van der Waals surface area (Å²) in [6, 6.07) is 5.97. The molecular weight excluding hydrogens is 310 g/mol. The Kier molecular flexibility index (Phi) is 4.82. The van der Waals surface area contributed by atoms with Gasteiger partial charge in [-0.2, -0.15) is 0 Å². The zero-order valence-electron chi connectivity index (χ0n) is 12.1. The lowest BCUT2D eigenvalue weighted by atomic mass is 10.1. The van der Waals surface area contributed by atoms with Crippen LogP contribution in [0.5, 0.6) is 0 Å². The number of carbonyl (C=O) groups excluding carboxylic acids is 1. The number of hydrogen-bond acceptors (Lipinski definition) is 5. The zero-order chi connectivity index (χ0) is 16.3. The average molecular weight is 327 g/mol. The van der Waals surface area contributed by atoms with Gasteiger partial charge >= 0.3 is 5.97 Å². The third kappa shape index (κ3) is 3.28. The topological polar surface area (TPSA) is 101 Å². The number of aliphatic carboxylic acids is 1. The van der Waals surface area contributed by atoms with E-state index in [1.165, 1.54) is 24.0 Å². The number of hydrogen-bond donors (Lipinski definition) is 1. The van der Waals surface area contributed by atoms with Gasteiger partial charge in [0.15, 0.2) is 15.9 Å². The lowest BCUT2D eigenvalue weighted by Gasteiger charge is -2.31. The van der Waals surface area contributed by atoms with Crippen LogP contribution in [-0.4, -0.2) is 61.9 Å². The molecule has 120 valence electrons. The largest absolute Gasteiger partial charge is 0.479 e. The first-order valence-corrected chi connectivity index (χ1v) is 8.47. The number of nitrogens with zero attached hydrogens (tertiary/aromatic N) is 1. The SMILES string of the molecule is CCS(=O)(=O)c1ccccc1C(=O)N1CCO[C@H](C(=O)O)C1. The fraction of sp³-hybridized carbons (Fsp3) is 0.429. The molecule has 1 aromatic rings. The summed E-state index contributed by atoms with van der Waals surface area (Å²) in [4.78, 5) is 24.8. The molecule has 1 saturated heterocycles. The summed E-state index contributed by atoms with van der Waals surface area (Å²) >= 11 is 0. The molecule has 0 aliphatic carbocycles. The van der Waals surface area contributed by atoms with Gasteiger partial charge in [-0.1, -0.05) is 19.1 Å². The number of morpholine rings is 1. The second kappa shape index (κ2) is 6.45. The summed E-state index contributed by atoms with van der Waals surface area (Å²) in [7, 11) is -3.54. The van der Waals surface area contributed by atoms with E-state index < -0.39 is 27.8 Å². The third-order valence-corrected chi connectivity index (χ3v) is 5.25. The van der Waals surface area contributed by atoms with Gasteiger partial charge in [0.1, 0.15) is 0 Å². The van der Waals surface area contributed by atoms with Crippen molar-refractivity contribution >= 4 is 21.7 Å². The Hall–Kier alpha value is -1.93. The number of carbonyl (C=O) groups is 2. The first kappa shape index (κ1) is 16.4. The summed E-state index contributed by atoms with van der Waals surface area (Å²) < 4.78 is 29.2. The molecule has 1 heterocycles. The fourth-order valence-corrected chi connectivity index (χ4v) is 3.31. The van der Waals surface area contributed by atoms with Crippen molar-refractivity contribution in [2.24, 2.45) is 0 Å². The first-order valence-electron chi connectivity index (χ1n) is 6.82. The smallest absolute Gasteiger partial charge is 0.334 e. The van der Waals surface area contributed by atoms with E-state index in [0.29, 0.717) is 0 Å². The molecule has 1 aliphatic rings. The predicted molar refractivity (Wildman–Crippen MR) is 77.4 cm³/mol. The Morgan fingerprint density at radius 1 is 1.36 bits per heavy atom. The van der Waals surface area contributed by atoms with Crippen molar-refractivity contribution in [1.82, 2.24) is 4.90 Å². The van der Waals surface area contributed by atoms with Crippen LogP contribution in [-0.2, 0) is 19.4 Å². The maximum Gasteiger partial charge on any atom is 0.334 e. The number of sulfone groups is 1. The molecular formula is C14H17NO6S. The Labute approximate surface area is 128 Å². The van der Waals surface area contributed by atoms with Crippen LogP contribution in [0.3, 0.4) is 0 Å². The van der Waals surface area contributed by atoms with Gasteiger partial charge in [-0.15, -0.1) is 0 Å². The van der Waals surface area contributed by atoms with E-state index in [1.807, 2.05) is 0 Å². The van der Waals surface area contributed by atoms with Gasteiger partial charge in [0.25, 0.3) is 5.91 Å². The van der Waals surface area contributed by atoms with Gasteiger partial charge in [-0.3, -0.25) is 4.79 Å². The van der Waals surface area contributed by atoms with Crippen molar-refractivity contribution in [2.75, 3.05) is 25.4 Å². The molecule has 0 saturated carbocycles. The van der Waals surface area contributed by atoms with Crippen LogP contribution in [0.15, 0.2) is 29.2 Å². The minimum Gasteiger partial charge on any atom is -0.479 e. The first-order chi connectivity index (χ1) is 10.4. The molecule has 1 fully saturated rings. The van der Waals surface area contributed by atoms with Crippen LogP contribution >= 0.6 is 0 Å². The van der Waals surface area contributed by atoms with Gasteiger partial charge in [0.05, 0.1) is 29.4 Å². The normalized spacial score (nSPS) is 19.0. The highest BCUT2D eigenvalue weighted by Gasteiger charge is 2.31. The highest BCUT2D eigenvalue weighted by atomic mass is 32.2. The summed E-state index contributed by atoms with van der Waals surface area (Å²) in [5.41, 5.74) is 0.0652. The Bertz CT molecular complexity index is 684. The highest BCUT2D eigenvalue weighted by Crippen LogP contribution is 2.20. The second-order valence-corrected chi connectivity index (χ2v) is 7.10. The van der Waals surface area contributed by atoms with Crippen LogP contribution in [0.4, 0.5) is 0 Å². The molecule has 0 aromatic heterocycles. The molecule has 2 rings (SSSR count).